The van der Waals surface area contributed by atoms with Crippen LogP contribution in [0.15, 0.2) is 22.7 Å². The lowest BCUT2D eigenvalue weighted by Gasteiger charge is -2.12. The molecule has 1 aromatic carbocycles. The Morgan fingerprint density at radius 1 is 1.16 bits per heavy atom. The average molecular weight is 343 g/mol. The zero-order chi connectivity index (χ0) is 14.3. The summed E-state index contributed by atoms with van der Waals surface area (Å²) >= 11 is 3.00. The quantitative estimate of drug-likeness (QED) is 0.696. The molecule has 3 nitrogen and oxygen atoms in total. The molecule has 0 N–H and O–H groups in total. The van der Waals surface area contributed by atoms with Gasteiger partial charge >= 0.3 is 6.36 Å². The van der Waals surface area contributed by atoms with Gasteiger partial charge in [0.15, 0.2) is 0 Å². The van der Waals surface area contributed by atoms with Crippen LogP contribution in [0.1, 0.15) is 13.3 Å². The molecule has 0 fully saturated rings. The van der Waals surface area contributed by atoms with E-state index < -0.39 is 6.36 Å². The molecule has 0 unspecified atom stereocenters. The number of alkyl halides is 3. The van der Waals surface area contributed by atoms with Crippen LogP contribution < -0.4 is 9.47 Å². The number of halogens is 4. The summed E-state index contributed by atoms with van der Waals surface area (Å²) in [6.45, 7) is 3.43. The molecule has 0 bridgehead atoms. The Kier molecular flexibility index (Phi) is 6.44. The second-order valence-corrected chi connectivity index (χ2v) is 4.46. The van der Waals surface area contributed by atoms with Crippen molar-refractivity contribution in [1.29, 1.82) is 0 Å². The lowest BCUT2D eigenvalue weighted by Crippen LogP contribution is -2.17. The van der Waals surface area contributed by atoms with Gasteiger partial charge in [0.25, 0.3) is 0 Å². The van der Waals surface area contributed by atoms with E-state index in [0.29, 0.717) is 25.6 Å². The van der Waals surface area contributed by atoms with Crippen molar-refractivity contribution in [3.05, 3.63) is 22.7 Å². The van der Waals surface area contributed by atoms with Crippen molar-refractivity contribution < 1.29 is 27.4 Å². The number of ether oxygens (including phenoxy) is 3. The molecule has 0 aliphatic heterocycles. The second kappa shape index (κ2) is 7.59. The molecule has 0 amide bonds. The molecule has 0 radical (unpaired) electrons. The SMILES string of the molecule is CCCOCCOc1ccc(OC(F)(F)F)c(Br)c1. The van der Waals surface area contributed by atoms with Crippen LogP contribution in [0.2, 0.25) is 0 Å². The fourth-order valence-corrected chi connectivity index (χ4v) is 1.68. The van der Waals surface area contributed by atoms with Gasteiger partial charge in [-0.2, -0.15) is 0 Å². The average Bonchev–Trinajstić information content (AvgIpc) is 2.31. The van der Waals surface area contributed by atoms with E-state index >= 15 is 0 Å². The minimum absolute atomic E-state index is 0.178. The zero-order valence-electron chi connectivity index (χ0n) is 10.3. The first-order valence-electron chi connectivity index (χ1n) is 5.68. The van der Waals surface area contributed by atoms with Crippen LogP contribution in [0, 0.1) is 0 Å². The molecule has 0 heterocycles. The van der Waals surface area contributed by atoms with Crippen molar-refractivity contribution in [2.75, 3.05) is 19.8 Å². The summed E-state index contributed by atoms with van der Waals surface area (Å²) in [5.74, 6) is 0.142. The normalized spacial score (nSPS) is 11.4. The minimum atomic E-state index is -4.71. The molecule has 0 aliphatic carbocycles. The van der Waals surface area contributed by atoms with Gasteiger partial charge in [-0.1, -0.05) is 6.92 Å². The third-order valence-corrected chi connectivity index (χ3v) is 2.59. The van der Waals surface area contributed by atoms with E-state index in [9.17, 15) is 13.2 Å². The van der Waals surface area contributed by atoms with Gasteiger partial charge in [-0.05, 0) is 40.5 Å². The summed E-state index contributed by atoms with van der Waals surface area (Å²) in [5, 5.41) is 0. The summed E-state index contributed by atoms with van der Waals surface area (Å²) in [7, 11) is 0. The summed E-state index contributed by atoms with van der Waals surface area (Å²) in [5.41, 5.74) is 0. The van der Waals surface area contributed by atoms with Crippen molar-refractivity contribution >= 4 is 15.9 Å². The molecule has 0 saturated heterocycles. The highest BCUT2D eigenvalue weighted by Crippen LogP contribution is 2.33. The van der Waals surface area contributed by atoms with Crippen molar-refractivity contribution in [3.8, 4) is 11.5 Å². The maximum absolute atomic E-state index is 12.1. The van der Waals surface area contributed by atoms with Crippen LogP contribution in [0.25, 0.3) is 0 Å². The van der Waals surface area contributed by atoms with Crippen LogP contribution >= 0.6 is 15.9 Å². The van der Waals surface area contributed by atoms with E-state index in [1.807, 2.05) is 6.92 Å². The third-order valence-electron chi connectivity index (χ3n) is 1.97. The highest BCUT2D eigenvalue weighted by Gasteiger charge is 2.31. The van der Waals surface area contributed by atoms with E-state index in [1.54, 1.807) is 0 Å². The second-order valence-electron chi connectivity index (χ2n) is 3.60. The standard InChI is InChI=1S/C12H14BrF3O3/c1-2-5-17-6-7-18-9-3-4-11(10(13)8-9)19-12(14,15)16/h3-4,8H,2,5-7H2,1H3. The molecular weight excluding hydrogens is 329 g/mol. The summed E-state index contributed by atoms with van der Waals surface area (Å²) in [4.78, 5) is 0. The first kappa shape index (κ1) is 16.1. The molecule has 7 heteroatoms. The molecular formula is C12H14BrF3O3. The Balaban J connectivity index is 2.47. The van der Waals surface area contributed by atoms with Crippen LogP contribution in [-0.4, -0.2) is 26.2 Å². The summed E-state index contributed by atoms with van der Waals surface area (Å²) in [6, 6.07) is 4.02. The fraction of sp³-hybridized carbons (Fsp3) is 0.500. The number of hydrogen-bond acceptors (Lipinski definition) is 3. The maximum atomic E-state index is 12.1. The van der Waals surface area contributed by atoms with Crippen molar-refractivity contribution in [2.45, 2.75) is 19.7 Å². The van der Waals surface area contributed by atoms with Crippen LogP contribution in [0.5, 0.6) is 11.5 Å². The van der Waals surface area contributed by atoms with E-state index in [4.69, 9.17) is 9.47 Å². The molecule has 108 valence electrons. The molecule has 0 aromatic heterocycles. The largest absolute Gasteiger partial charge is 0.573 e. The molecule has 0 atom stereocenters. The highest BCUT2D eigenvalue weighted by atomic mass is 79.9. The molecule has 0 aliphatic rings. The van der Waals surface area contributed by atoms with E-state index in [1.165, 1.54) is 18.2 Å². The van der Waals surface area contributed by atoms with Gasteiger partial charge in [-0.25, -0.2) is 0 Å². The van der Waals surface area contributed by atoms with Gasteiger partial charge < -0.3 is 14.2 Å². The van der Waals surface area contributed by atoms with Gasteiger partial charge in [-0.3, -0.25) is 0 Å². The Labute approximate surface area is 117 Å². The van der Waals surface area contributed by atoms with Crippen LogP contribution in [-0.2, 0) is 4.74 Å². The minimum Gasteiger partial charge on any atom is -0.491 e. The fourth-order valence-electron chi connectivity index (χ4n) is 1.24. The lowest BCUT2D eigenvalue weighted by molar-refractivity contribution is -0.274. The van der Waals surface area contributed by atoms with Crippen molar-refractivity contribution in [1.82, 2.24) is 0 Å². The van der Waals surface area contributed by atoms with Gasteiger partial charge in [0.2, 0.25) is 0 Å². The smallest absolute Gasteiger partial charge is 0.491 e. The first-order chi connectivity index (χ1) is 8.92. The number of hydrogen-bond donors (Lipinski definition) is 0. The van der Waals surface area contributed by atoms with Gasteiger partial charge in [0.1, 0.15) is 18.1 Å². The zero-order valence-corrected chi connectivity index (χ0v) is 11.9. The Hall–Kier alpha value is -0.950. The predicted octanol–water partition coefficient (Wildman–Crippen LogP) is 4.15. The third kappa shape index (κ3) is 6.68. The summed E-state index contributed by atoms with van der Waals surface area (Å²) in [6.07, 6.45) is -3.78. The van der Waals surface area contributed by atoms with E-state index in [0.717, 1.165) is 6.42 Å². The molecule has 1 rings (SSSR count). The summed E-state index contributed by atoms with van der Waals surface area (Å²) < 4.78 is 50.7. The topological polar surface area (TPSA) is 27.7 Å². The molecule has 1 aromatic rings. The predicted molar refractivity (Wildman–Crippen MR) is 67.4 cm³/mol. The highest BCUT2D eigenvalue weighted by molar-refractivity contribution is 9.10. The van der Waals surface area contributed by atoms with Crippen molar-refractivity contribution in [3.63, 3.8) is 0 Å². The van der Waals surface area contributed by atoms with Gasteiger partial charge in [-0.15, -0.1) is 13.2 Å². The van der Waals surface area contributed by atoms with Crippen LogP contribution in [0.3, 0.4) is 0 Å². The van der Waals surface area contributed by atoms with E-state index in [-0.39, 0.29) is 10.2 Å². The number of rotatable bonds is 7. The molecule has 19 heavy (non-hydrogen) atoms. The first-order valence-corrected chi connectivity index (χ1v) is 6.47. The van der Waals surface area contributed by atoms with Gasteiger partial charge in [0.05, 0.1) is 11.1 Å². The van der Waals surface area contributed by atoms with Crippen LogP contribution in [0.4, 0.5) is 13.2 Å². The lowest BCUT2D eigenvalue weighted by atomic mass is 10.3. The molecule has 0 spiro atoms. The van der Waals surface area contributed by atoms with Crippen molar-refractivity contribution in [2.24, 2.45) is 0 Å². The Bertz CT molecular complexity index is 396. The van der Waals surface area contributed by atoms with E-state index in [2.05, 4.69) is 20.7 Å². The number of benzene rings is 1. The maximum Gasteiger partial charge on any atom is 0.573 e. The Morgan fingerprint density at radius 3 is 2.47 bits per heavy atom. The molecule has 0 saturated carbocycles. The van der Waals surface area contributed by atoms with Gasteiger partial charge in [0, 0.05) is 6.61 Å². The Morgan fingerprint density at radius 2 is 1.89 bits per heavy atom. The monoisotopic (exact) mass is 342 g/mol.